The van der Waals surface area contributed by atoms with E-state index in [0.29, 0.717) is 6.54 Å². The van der Waals surface area contributed by atoms with Crippen molar-refractivity contribution < 1.29 is 9.90 Å². The maximum absolute atomic E-state index is 11.3. The highest BCUT2D eigenvalue weighted by atomic mass is 16.4. The SMILES string of the molecule is CCc1cc(CN2CCC(C)(C(=O)O)C2)n(CC)n1. The minimum atomic E-state index is -0.687. The van der Waals surface area contributed by atoms with Gasteiger partial charge in [-0.3, -0.25) is 14.4 Å². The Morgan fingerprint density at radius 2 is 2.26 bits per heavy atom. The number of hydrogen-bond acceptors (Lipinski definition) is 3. The van der Waals surface area contributed by atoms with Crippen LogP contribution in [0.4, 0.5) is 0 Å². The maximum Gasteiger partial charge on any atom is 0.310 e. The molecule has 0 aromatic carbocycles. The van der Waals surface area contributed by atoms with E-state index in [1.54, 1.807) is 0 Å². The topological polar surface area (TPSA) is 58.4 Å². The van der Waals surface area contributed by atoms with Crippen molar-refractivity contribution in [2.24, 2.45) is 5.41 Å². The van der Waals surface area contributed by atoms with Gasteiger partial charge in [-0.25, -0.2) is 0 Å². The lowest BCUT2D eigenvalue weighted by Gasteiger charge is -2.20. The second-order valence-corrected chi connectivity index (χ2v) is 5.62. The Balaban J connectivity index is 2.07. The molecule has 1 aliphatic rings. The second-order valence-electron chi connectivity index (χ2n) is 5.62. The third-order valence-electron chi connectivity index (χ3n) is 4.03. The summed E-state index contributed by atoms with van der Waals surface area (Å²) in [5, 5.41) is 13.8. The molecule has 0 amide bonds. The fourth-order valence-electron chi connectivity index (χ4n) is 2.68. The molecule has 0 radical (unpaired) electrons. The minimum absolute atomic E-state index is 0.593. The van der Waals surface area contributed by atoms with Crippen molar-refractivity contribution in [3.05, 3.63) is 17.5 Å². The molecule has 2 rings (SSSR count). The normalized spacial score (nSPS) is 23.9. The van der Waals surface area contributed by atoms with E-state index in [-0.39, 0.29) is 0 Å². The van der Waals surface area contributed by atoms with Crippen LogP contribution in [0, 0.1) is 5.41 Å². The molecule has 1 aromatic rings. The van der Waals surface area contributed by atoms with Gasteiger partial charge in [0.15, 0.2) is 0 Å². The van der Waals surface area contributed by atoms with Crippen LogP contribution in [-0.4, -0.2) is 38.8 Å². The van der Waals surface area contributed by atoms with Gasteiger partial charge in [-0.15, -0.1) is 0 Å². The van der Waals surface area contributed by atoms with Gasteiger partial charge in [0.25, 0.3) is 0 Å². The standard InChI is InChI=1S/C14H23N3O2/c1-4-11-8-12(17(5-2)15-11)9-16-7-6-14(3,10-16)13(18)19/h8H,4-7,9-10H2,1-3H3,(H,18,19). The molecule has 5 nitrogen and oxygen atoms in total. The summed E-state index contributed by atoms with van der Waals surface area (Å²) in [7, 11) is 0. The summed E-state index contributed by atoms with van der Waals surface area (Å²) in [5.41, 5.74) is 1.70. The number of aryl methyl sites for hydroxylation is 2. The average molecular weight is 265 g/mol. The first-order valence-corrected chi connectivity index (χ1v) is 7.00. The molecule has 1 atom stereocenters. The molecule has 2 heterocycles. The van der Waals surface area contributed by atoms with Crippen molar-refractivity contribution in [1.82, 2.24) is 14.7 Å². The lowest BCUT2D eigenvalue weighted by molar-refractivity contribution is -0.147. The Morgan fingerprint density at radius 1 is 1.53 bits per heavy atom. The van der Waals surface area contributed by atoms with Gasteiger partial charge in [0.1, 0.15) is 0 Å². The Morgan fingerprint density at radius 3 is 2.79 bits per heavy atom. The number of aliphatic carboxylic acids is 1. The molecular weight excluding hydrogens is 242 g/mol. The summed E-state index contributed by atoms with van der Waals surface area (Å²) < 4.78 is 2.02. The van der Waals surface area contributed by atoms with Crippen molar-refractivity contribution in [2.45, 2.75) is 46.7 Å². The van der Waals surface area contributed by atoms with Crippen LogP contribution >= 0.6 is 0 Å². The first kappa shape index (κ1) is 14.1. The smallest absolute Gasteiger partial charge is 0.310 e. The summed E-state index contributed by atoms with van der Waals surface area (Å²) >= 11 is 0. The molecule has 1 aliphatic heterocycles. The van der Waals surface area contributed by atoms with Crippen LogP contribution in [0.1, 0.15) is 38.6 Å². The van der Waals surface area contributed by atoms with E-state index in [9.17, 15) is 9.90 Å². The molecule has 19 heavy (non-hydrogen) atoms. The molecule has 106 valence electrons. The first-order valence-electron chi connectivity index (χ1n) is 7.00. The van der Waals surface area contributed by atoms with E-state index >= 15 is 0 Å². The van der Waals surface area contributed by atoms with E-state index < -0.39 is 11.4 Å². The van der Waals surface area contributed by atoms with Gasteiger partial charge in [-0.2, -0.15) is 5.10 Å². The molecular formula is C14H23N3O2. The molecule has 0 saturated carbocycles. The fraction of sp³-hybridized carbons (Fsp3) is 0.714. The highest BCUT2D eigenvalue weighted by Gasteiger charge is 2.40. The zero-order valence-corrected chi connectivity index (χ0v) is 12.0. The lowest BCUT2D eigenvalue weighted by atomic mass is 9.90. The van der Waals surface area contributed by atoms with Gasteiger partial charge in [-0.05, 0) is 39.3 Å². The van der Waals surface area contributed by atoms with E-state index in [0.717, 1.165) is 38.2 Å². The van der Waals surface area contributed by atoms with Crippen molar-refractivity contribution in [3.8, 4) is 0 Å². The highest BCUT2D eigenvalue weighted by Crippen LogP contribution is 2.31. The summed E-state index contributed by atoms with van der Waals surface area (Å²) in [5.74, 6) is -0.687. The summed E-state index contributed by atoms with van der Waals surface area (Å²) in [6.45, 7) is 9.15. The molecule has 1 aromatic heterocycles. The second kappa shape index (κ2) is 5.33. The van der Waals surface area contributed by atoms with Gasteiger partial charge >= 0.3 is 5.97 Å². The van der Waals surface area contributed by atoms with Crippen LogP contribution in [0.25, 0.3) is 0 Å². The molecule has 0 aliphatic carbocycles. The Bertz CT molecular complexity index is 469. The minimum Gasteiger partial charge on any atom is -0.481 e. The fourth-order valence-corrected chi connectivity index (χ4v) is 2.68. The van der Waals surface area contributed by atoms with Crippen LogP contribution in [-0.2, 0) is 24.3 Å². The molecule has 1 N–H and O–H groups in total. The first-order chi connectivity index (χ1) is 8.98. The van der Waals surface area contributed by atoms with E-state index in [4.69, 9.17) is 0 Å². The zero-order valence-electron chi connectivity index (χ0n) is 12.0. The number of likely N-dealkylation sites (tertiary alicyclic amines) is 1. The van der Waals surface area contributed by atoms with Crippen LogP contribution in [0.2, 0.25) is 0 Å². The van der Waals surface area contributed by atoms with Crippen LogP contribution < -0.4 is 0 Å². The zero-order chi connectivity index (χ0) is 14.0. The molecule has 1 fully saturated rings. The molecule has 1 saturated heterocycles. The van der Waals surface area contributed by atoms with Crippen molar-refractivity contribution >= 4 is 5.97 Å². The average Bonchev–Trinajstić information content (AvgIpc) is 2.94. The Kier molecular flexibility index (Phi) is 3.94. The Labute approximate surface area is 114 Å². The summed E-state index contributed by atoms with van der Waals surface area (Å²) in [6, 6.07) is 2.14. The lowest BCUT2D eigenvalue weighted by Crippen LogP contribution is -2.31. The van der Waals surface area contributed by atoms with E-state index in [1.807, 2.05) is 11.6 Å². The number of carboxylic acids is 1. The summed E-state index contributed by atoms with van der Waals surface area (Å²) in [4.78, 5) is 13.5. The molecule has 0 bridgehead atoms. The number of hydrogen-bond donors (Lipinski definition) is 1. The monoisotopic (exact) mass is 265 g/mol. The van der Waals surface area contributed by atoms with Gasteiger partial charge < -0.3 is 5.11 Å². The van der Waals surface area contributed by atoms with Gasteiger partial charge in [0, 0.05) is 19.6 Å². The largest absolute Gasteiger partial charge is 0.481 e. The van der Waals surface area contributed by atoms with E-state index in [2.05, 4.69) is 29.9 Å². The molecule has 1 unspecified atom stereocenters. The van der Waals surface area contributed by atoms with Crippen LogP contribution in [0.3, 0.4) is 0 Å². The number of carboxylic acid groups (broad SMARTS) is 1. The number of carbonyl (C=O) groups is 1. The van der Waals surface area contributed by atoms with Crippen molar-refractivity contribution in [3.63, 3.8) is 0 Å². The quantitative estimate of drug-likeness (QED) is 0.881. The molecule has 5 heteroatoms. The molecule has 0 spiro atoms. The highest BCUT2D eigenvalue weighted by molar-refractivity contribution is 5.74. The maximum atomic E-state index is 11.3. The van der Waals surface area contributed by atoms with Crippen LogP contribution in [0.15, 0.2) is 6.07 Å². The summed E-state index contributed by atoms with van der Waals surface area (Å²) in [6.07, 6.45) is 1.66. The van der Waals surface area contributed by atoms with Gasteiger partial charge in [0.05, 0.1) is 16.8 Å². The number of aromatic nitrogens is 2. The van der Waals surface area contributed by atoms with Crippen molar-refractivity contribution in [2.75, 3.05) is 13.1 Å². The third kappa shape index (κ3) is 2.81. The Hall–Kier alpha value is -1.36. The predicted octanol–water partition coefficient (Wildman–Crippen LogP) is 1.76. The number of nitrogens with zero attached hydrogens (tertiary/aromatic N) is 3. The van der Waals surface area contributed by atoms with Gasteiger partial charge in [0.2, 0.25) is 0 Å². The third-order valence-corrected chi connectivity index (χ3v) is 4.03. The predicted molar refractivity (Wildman–Crippen MR) is 72.9 cm³/mol. The van der Waals surface area contributed by atoms with Gasteiger partial charge in [-0.1, -0.05) is 6.92 Å². The van der Waals surface area contributed by atoms with Crippen molar-refractivity contribution in [1.29, 1.82) is 0 Å². The van der Waals surface area contributed by atoms with E-state index in [1.165, 1.54) is 5.69 Å². The number of rotatable bonds is 5. The van der Waals surface area contributed by atoms with Crippen LogP contribution in [0.5, 0.6) is 0 Å².